The number of aromatic nitrogens is 3. The van der Waals surface area contributed by atoms with Crippen molar-refractivity contribution in [2.24, 2.45) is 0 Å². The van der Waals surface area contributed by atoms with Crippen molar-refractivity contribution in [3.63, 3.8) is 0 Å². The van der Waals surface area contributed by atoms with E-state index >= 15 is 0 Å². The molecule has 2 N–H and O–H groups in total. The van der Waals surface area contributed by atoms with Crippen LogP contribution in [0.2, 0.25) is 0 Å². The number of likely N-dealkylation sites (tertiary alicyclic amines) is 1. The van der Waals surface area contributed by atoms with Crippen molar-refractivity contribution in [3.8, 4) is 10.7 Å². The van der Waals surface area contributed by atoms with Gasteiger partial charge in [-0.2, -0.15) is 5.10 Å². The summed E-state index contributed by atoms with van der Waals surface area (Å²) in [4.78, 5) is 16.3. The fourth-order valence-corrected chi connectivity index (χ4v) is 4.62. The zero-order valence-corrected chi connectivity index (χ0v) is 17.3. The Bertz CT molecular complexity index is 980. The second kappa shape index (κ2) is 8.38. The highest BCUT2D eigenvalue weighted by atomic mass is 32.1. The quantitative estimate of drug-likeness (QED) is 0.606. The third-order valence-corrected chi connectivity index (χ3v) is 6.23. The molecule has 1 aliphatic heterocycles. The number of H-pyrrole nitrogens is 1. The maximum atomic E-state index is 12.9. The van der Waals surface area contributed by atoms with Gasteiger partial charge < -0.3 is 5.32 Å². The number of amides is 1. The molecule has 146 valence electrons. The molecule has 1 amide bonds. The van der Waals surface area contributed by atoms with E-state index in [4.69, 9.17) is 12.2 Å². The standard InChI is InChI=1S/C20H23N5OS2/c1-14(25-18(22-23-20(25)27)17-8-5-11-28-17)19(26)21-16-9-10-24(13-16)12-15-6-3-2-4-7-15/h2-8,11,14,16H,9-10,12-13H2,1H3,(H,21,26)(H,23,27). The van der Waals surface area contributed by atoms with E-state index in [1.807, 2.05) is 30.5 Å². The molecular formula is C20H23N5OS2. The first-order valence-corrected chi connectivity index (χ1v) is 10.7. The Kier molecular flexibility index (Phi) is 5.70. The molecule has 8 heteroatoms. The average molecular weight is 414 g/mol. The van der Waals surface area contributed by atoms with Crippen LogP contribution < -0.4 is 5.32 Å². The molecule has 0 spiro atoms. The van der Waals surface area contributed by atoms with Gasteiger partial charge >= 0.3 is 0 Å². The van der Waals surface area contributed by atoms with E-state index in [1.54, 1.807) is 15.9 Å². The van der Waals surface area contributed by atoms with Crippen LogP contribution in [0.5, 0.6) is 0 Å². The maximum absolute atomic E-state index is 12.9. The second-order valence-corrected chi connectivity index (χ2v) is 8.42. The summed E-state index contributed by atoms with van der Waals surface area (Å²) in [7, 11) is 0. The van der Waals surface area contributed by atoms with E-state index in [9.17, 15) is 4.79 Å². The van der Waals surface area contributed by atoms with Crippen LogP contribution in [0.15, 0.2) is 47.8 Å². The molecule has 2 unspecified atom stereocenters. The van der Waals surface area contributed by atoms with Gasteiger partial charge in [0.1, 0.15) is 6.04 Å². The summed E-state index contributed by atoms with van der Waals surface area (Å²) in [6.45, 7) is 4.63. The van der Waals surface area contributed by atoms with E-state index < -0.39 is 6.04 Å². The van der Waals surface area contributed by atoms with Gasteiger partial charge in [-0.15, -0.1) is 11.3 Å². The van der Waals surface area contributed by atoms with E-state index in [1.165, 1.54) is 5.56 Å². The fourth-order valence-electron chi connectivity index (χ4n) is 3.62. The molecule has 3 heterocycles. The lowest BCUT2D eigenvalue weighted by Gasteiger charge is -2.20. The molecule has 0 bridgehead atoms. The molecule has 2 atom stereocenters. The van der Waals surface area contributed by atoms with Crippen molar-refractivity contribution in [1.29, 1.82) is 0 Å². The summed E-state index contributed by atoms with van der Waals surface area (Å²) >= 11 is 6.96. The first kappa shape index (κ1) is 19.0. The normalized spacial score (nSPS) is 18.2. The lowest BCUT2D eigenvalue weighted by molar-refractivity contribution is -0.124. The molecular weight excluding hydrogens is 390 g/mol. The molecule has 1 fully saturated rings. The van der Waals surface area contributed by atoms with Crippen molar-refractivity contribution in [3.05, 3.63) is 58.2 Å². The van der Waals surface area contributed by atoms with E-state index in [2.05, 4.69) is 44.7 Å². The minimum atomic E-state index is -0.425. The number of thiophene rings is 1. The maximum Gasteiger partial charge on any atom is 0.243 e. The van der Waals surface area contributed by atoms with Crippen molar-refractivity contribution in [2.45, 2.75) is 32.0 Å². The smallest absolute Gasteiger partial charge is 0.243 e. The number of nitrogens with zero attached hydrogens (tertiary/aromatic N) is 3. The lowest BCUT2D eigenvalue weighted by atomic mass is 10.2. The summed E-state index contributed by atoms with van der Waals surface area (Å²) < 4.78 is 2.26. The Balaban J connectivity index is 1.40. The highest BCUT2D eigenvalue weighted by Gasteiger charge is 2.27. The molecule has 0 saturated carbocycles. The van der Waals surface area contributed by atoms with Gasteiger partial charge in [-0.3, -0.25) is 19.4 Å². The topological polar surface area (TPSA) is 66.0 Å². The van der Waals surface area contributed by atoms with Gasteiger partial charge in [0.15, 0.2) is 10.6 Å². The molecule has 28 heavy (non-hydrogen) atoms. The largest absolute Gasteiger partial charge is 0.350 e. The van der Waals surface area contributed by atoms with Crippen LogP contribution in [-0.4, -0.2) is 44.7 Å². The summed E-state index contributed by atoms with van der Waals surface area (Å²) in [5.41, 5.74) is 1.30. The van der Waals surface area contributed by atoms with Crippen molar-refractivity contribution < 1.29 is 4.79 Å². The third-order valence-electron chi connectivity index (χ3n) is 5.08. The Hall–Kier alpha value is -2.29. The molecule has 1 saturated heterocycles. The number of rotatable bonds is 6. The molecule has 3 aromatic rings. The SMILES string of the molecule is CC(C(=O)NC1CCN(Cc2ccccc2)C1)n1c(-c2cccs2)n[nH]c1=S. The van der Waals surface area contributed by atoms with Crippen LogP contribution in [0.3, 0.4) is 0 Å². The monoisotopic (exact) mass is 413 g/mol. The van der Waals surface area contributed by atoms with Crippen molar-refractivity contribution >= 4 is 29.5 Å². The lowest BCUT2D eigenvalue weighted by Crippen LogP contribution is -2.40. The van der Waals surface area contributed by atoms with Gasteiger partial charge in [0, 0.05) is 25.7 Å². The molecule has 1 aliphatic rings. The van der Waals surface area contributed by atoms with E-state index in [0.717, 1.165) is 30.9 Å². The van der Waals surface area contributed by atoms with E-state index in [0.29, 0.717) is 10.6 Å². The molecule has 0 aliphatic carbocycles. The van der Waals surface area contributed by atoms with Crippen LogP contribution in [0.4, 0.5) is 0 Å². The zero-order chi connectivity index (χ0) is 19.5. The van der Waals surface area contributed by atoms with Crippen LogP contribution in [-0.2, 0) is 11.3 Å². The molecule has 4 rings (SSSR count). The summed E-state index contributed by atoms with van der Waals surface area (Å²) in [6.07, 6.45) is 0.958. The number of hydrogen-bond acceptors (Lipinski definition) is 5. The number of benzene rings is 1. The highest BCUT2D eigenvalue weighted by molar-refractivity contribution is 7.71. The first-order chi connectivity index (χ1) is 13.6. The summed E-state index contributed by atoms with van der Waals surface area (Å²) in [6, 6.07) is 14.1. The third kappa shape index (κ3) is 4.09. The van der Waals surface area contributed by atoms with Gasteiger partial charge in [0.05, 0.1) is 4.88 Å². The zero-order valence-electron chi connectivity index (χ0n) is 15.7. The molecule has 2 aromatic heterocycles. The minimum Gasteiger partial charge on any atom is -0.350 e. The second-order valence-electron chi connectivity index (χ2n) is 7.09. The van der Waals surface area contributed by atoms with Gasteiger partial charge in [-0.1, -0.05) is 36.4 Å². The van der Waals surface area contributed by atoms with Gasteiger partial charge in [-0.05, 0) is 42.6 Å². The number of nitrogens with one attached hydrogen (secondary N) is 2. The van der Waals surface area contributed by atoms with Crippen LogP contribution in [0.25, 0.3) is 10.7 Å². The number of carbonyl (C=O) groups excluding carboxylic acids is 1. The molecule has 1 aromatic carbocycles. The average Bonchev–Trinajstić information content (AvgIpc) is 3.43. The van der Waals surface area contributed by atoms with Gasteiger partial charge in [-0.25, -0.2) is 0 Å². The number of carbonyl (C=O) groups is 1. The molecule has 0 radical (unpaired) electrons. The Morgan fingerprint density at radius 1 is 1.36 bits per heavy atom. The van der Waals surface area contributed by atoms with Gasteiger partial charge in [0.2, 0.25) is 5.91 Å². The number of aromatic amines is 1. The predicted octanol–water partition coefficient (Wildman–Crippen LogP) is 3.62. The fraction of sp³-hybridized carbons (Fsp3) is 0.350. The van der Waals surface area contributed by atoms with Crippen LogP contribution >= 0.6 is 23.6 Å². The number of hydrogen-bond donors (Lipinski definition) is 2. The summed E-state index contributed by atoms with van der Waals surface area (Å²) in [5.74, 6) is 0.682. The Labute approximate surface area is 173 Å². The van der Waals surface area contributed by atoms with Crippen molar-refractivity contribution in [2.75, 3.05) is 13.1 Å². The predicted molar refractivity (Wildman–Crippen MR) is 114 cm³/mol. The van der Waals surface area contributed by atoms with Crippen LogP contribution in [0.1, 0.15) is 24.9 Å². The van der Waals surface area contributed by atoms with Crippen molar-refractivity contribution in [1.82, 2.24) is 25.0 Å². The van der Waals surface area contributed by atoms with Crippen LogP contribution in [0, 0.1) is 4.77 Å². The van der Waals surface area contributed by atoms with Gasteiger partial charge in [0.25, 0.3) is 0 Å². The van der Waals surface area contributed by atoms with E-state index in [-0.39, 0.29) is 11.9 Å². The molecule has 6 nitrogen and oxygen atoms in total. The highest BCUT2D eigenvalue weighted by Crippen LogP contribution is 2.25. The Morgan fingerprint density at radius 3 is 2.93 bits per heavy atom. The first-order valence-electron chi connectivity index (χ1n) is 9.39. The summed E-state index contributed by atoms with van der Waals surface area (Å²) in [5, 5.41) is 12.3. The minimum absolute atomic E-state index is 0.0260. The Morgan fingerprint density at radius 2 is 2.18 bits per heavy atom.